The van der Waals surface area contributed by atoms with E-state index in [1.54, 1.807) is 0 Å². The minimum atomic E-state index is -0.407. The number of rotatable bonds is 4. The Bertz CT molecular complexity index is 256. The molecule has 4 heteroatoms. The molecule has 2 aliphatic heterocycles. The third-order valence-corrected chi connectivity index (χ3v) is 4.12. The molecule has 1 unspecified atom stereocenters. The molecule has 0 radical (unpaired) electrons. The highest BCUT2D eigenvalue weighted by molar-refractivity contribution is 5.80. The van der Waals surface area contributed by atoms with Crippen LogP contribution >= 0.6 is 0 Å². The van der Waals surface area contributed by atoms with Crippen molar-refractivity contribution in [1.29, 1.82) is 0 Å². The molecular formula is C13H24N2O2. The van der Waals surface area contributed by atoms with E-state index in [-0.39, 0.29) is 5.97 Å². The SMILES string of the molecule is COC(=O)C1(CCN2CCCC2)CCCCN1. The lowest BCUT2D eigenvalue weighted by Gasteiger charge is -2.36. The molecule has 4 nitrogen and oxygen atoms in total. The van der Waals surface area contributed by atoms with Crippen molar-refractivity contribution >= 4 is 5.97 Å². The van der Waals surface area contributed by atoms with Crippen LogP contribution in [-0.4, -0.2) is 49.7 Å². The van der Waals surface area contributed by atoms with Crippen LogP contribution in [0.15, 0.2) is 0 Å². The zero-order chi connectivity index (χ0) is 12.1. The Morgan fingerprint density at radius 2 is 2.06 bits per heavy atom. The van der Waals surface area contributed by atoms with Gasteiger partial charge in [0.2, 0.25) is 0 Å². The fraction of sp³-hybridized carbons (Fsp3) is 0.923. The summed E-state index contributed by atoms with van der Waals surface area (Å²) in [7, 11) is 1.50. The molecule has 0 saturated carbocycles. The predicted molar refractivity (Wildman–Crippen MR) is 66.9 cm³/mol. The number of piperidine rings is 1. The Kier molecular flexibility index (Phi) is 4.40. The summed E-state index contributed by atoms with van der Waals surface area (Å²) < 4.78 is 4.99. The zero-order valence-electron chi connectivity index (χ0n) is 10.8. The van der Waals surface area contributed by atoms with E-state index in [1.165, 1.54) is 39.5 Å². The number of carbonyl (C=O) groups excluding carboxylic acids is 1. The topological polar surface area (TPSA) is 41.6 Å². The molecule has 2 fully saturated rings. The molecule has 0 aromatic carbocycles. The van der Waals surface area contributed by atoms with Crippen LogP contribution in [0.4, 0.5) is 0 Å². The quantitative estimate of drug-likeness (QED) is 0.749. The Hall–Kier alpha value is -0.610. The molecule has 1 N–H and O–H groups in total. The Morgan fingerprint density at radius 1 is 1.29 bits per heavy atom. The van der Waals surface area contributed by atoms with Crippen LogP contribution in [0.25, 0.3) is 0 Å². The normalized spacial score (nSPS) is 30.4. The highest BCUT2D eigenvalue weighted by atomic mass is 16.5. The molecule has 2 aliphatic rings. The molecule has 2 heterocycles. The van der Waals surface area contributed by atoms with Crippen molar-refractivity contribution in [3.63, 3.8) is 0 Å². The predicted octanol–water partition coefficient (Wildman–Crippen LogP) is 1.16. The van der Waals surface area contributed by atoms with Gasteiger partial charge in [0, 0.05) is 6.54 Å². The van der Waals surface area contributed by atoms with Crippen molar-refractivity contribution < 1.29 is 9.53 Å². The summed E-state index contributed by atoms with van der Waals surface area (Å²) in [6, 6.07) is 0. The first-order valence-corrected chi connectivity index (χ1v) is 6.83. The van der Waals surface area contributed by atoms with Crippen LogP contribution in [0.1, 0.15) is 38.5 Å². The molecular weight excluding hydrogens is 216 g/mol. The summed E-state index contributed by atoms with van der Waals surface area (Å²) in [4.78, 5) is 14.4. The molecule has 0 aliphatic carbocycles. The maximum absolute atomic E-state index is 12.0. The van der Waals surface area contributed by atoms with E-state index in [1.807, 2.05) is 0 Å². The van der Waals surface area contributed by atoms with Gasteiger partial charge in [0.1, 0.15) is 5.54 Å². The van der Waals surface area contributed by atoms with Crippen molar-refractivity contribution in [2.75, 3.05) is 33.3 Å². The molecule has 0 aromatic heterocycles. The summed E-state index contributed by atoms with van der Waals surface area (Å²) >= 11 is 0. The van der Waals surface area contributed by atoms with Gasteiger partial charge in [-0.15, -0.1) is 0 Å². The van der Waals surface area contributed by atoms with Gasteiger partial charge in [-0.25, -0.2) is 0 Å². The van der Waals surface area contributed by atoms with Crippen LogP contribution in [0, 0.1) is 0 Å². The highest BCUT2D eigenvalue weighted by Gasteiger charge is 2.40. The lowest BCUT2D eigenvalue weighted by molar-refractivity contribution is -0.150. The number of esters is 1. The van der Waals surface area contributed by atoms with E-state index < -0.39 is 5.54 Å². The van der Waals surface area contributed by atoms with Gasteiger partial charge in [0.15, 0.2) is 0 Å². The van der Waals surface area contributed by atoms with Crippen molar-refractivity contribution in [2.24, 2.45) is 0 Å². The third-order valence-electron chi connectivity index (χ3n) is 4.12. The van der Waals surface area contributed by atoms with Gasteiger partial charge in [-0.05, 0) is 58.2 Å². The average Bonchev–Trinajstić information content (AvgIpc) is 2.89. The van der Waals surface area contributed by atoms with Gasteiger partial charge >= 0.3 is 5.97 Å². The summed E-state index contributed by atoms with van der Waals surface area (Å²) in [5.74, 6) is -0.0728. The summed E-state index contributed by atoms with van der Waals surface area (Å²) in [5.41, 5.74) is -0.407. The second-order valence-electron chi connectivity index (χ2n) is 5.26. The van der Waals surface area contributed by atoms with Gasteiger partial charge in [0.05, 0.1) is 7.11 Å². The third kappa shape index (κ3) is 2.99. The lowest BCUT2D eigenvalue weighted by atomic mass is 9.85. The standard InChI is InChI=1S/C13H24N2O2/c1-17-12(16)13(6-2-3-8-14-13)7-11-15-9-4-5-10-15/h14H,2-11H2,1H3. The molecule has 0 amide bonds. The largest absolute Gasteiger partial charge is 0.468 e. The fourth-order valence-corrected chi connectivity index (χ4v) is 3.01. The number of hydrogen-bond acceptors (Lipinski definition) is 4. The first-order chi connectivity index (χ1) is 8.27. The summed E-state index contributed by atoms with van der Waals surface area (Å²) in [5, 5.41) is 3.41. The van der Waals surface area contributed by atoms with E-state index >= 15 is 0 Å². The Morgan fingerprint density at radius 3 is 2.65 bits per heavy atom. The van der Waals surface area contributed by atoms with Crippen LogP contribution in [0.5, 0.6) is 0 Å². The first-order valence-electron chi connectivity index (χ1n) is 6.83. The van der Waals surface area contributed by atoms with Crippen LogP contribution in [0.2, 0.25) is 0 Å². The van der Waals surface area contributed by atoms with Crippen molar-refractivity contribution in [3.05, 3.63) is 0 Å². The number of ether oxygens (including phenoxy) is 1. The molecule has 0 aromatic rings. The molecule has 98 valence electrons. The average molecular weight is 240 g/mol. The van der Waals surface area contributed by atoms with E-state index in [0.717, 1.165) is 32.4 Å². The smallest absolute Gasteiger partial charge is 0.326 e. The Balaban J connectivity index is 1.92. The maximum atomic E-state index is 12.0. The molecule has 0 bridgehead atoms. The second-order valence-corrected chi connectivity index (χ2v) is 5.26. The van der Waals surface area contributed by atoms with Crippen molar-refractivity contribution in [1.82, 2.24) is 10.2 Å². The zero-order valence-corrected chi connectivity index (χ0v) is 10.8. The van der Waals surface area contributed by atoms with Gasteiger partial charge in [0.25, 0.3) is 0 Å². The van der Waals surface area contributed by atoms with Gasteiger partial charge < -0.3 is 15.0 Å². The number of carbonyl (C=O) groups is 1. The highest BCUT2D eigenvalue weighted by Crippen LogP contribution is 2.25. The fourth-order valence-electron chi connectivity index (χ4n) is 3.01. The number of methoxy groups -OCH3 is 1. The van der Waals surface area contributed by atoms with Crippen molar-refractivity contribution in [2.45, 2.75) is 44.1 Å². The van der Waals surface area contributed by atoms with Crippen LogP contribution in [0.3, 0.4) is 0 Å². The number of nitrogens with one attached hydrogen (secondary N) is 1. The van der Waals surface area contributed by atoms with E-state index in [4.69, 9.17) is 4.74 Å². The summed E-state index contributed by atoms with van der Waals surface area (Å²) in [6.45, 7) is 4.34. The molecule has 17 heavy (non-hydrogen) atoms. The molecule has 2 rings (SSSR count). The Labute approximate surface area is 104 Å². The maximum Gasteiger partial charge on any atom is 0.326 e. The van der Waals surface area contributed by atoms with Crippen molar-refractivity contribution in [3.8, 4) is 0 Å². The van der Waals surface area contributed by atoms with E-state index in [0.29, 0.717) is 0 Å². The number of likely N-dealkylation sites (tertiary alicyclic amines) is 1. The van der Waals surface area contributed by atoms with E-state index in [2.05, 4.69) is 10.2 Å². The molecule has 1 atom stereocenters. The summed E-state index contributed by atoms with van der Waals surface area (Å²) in [6.07, 6.45) is 6.72. The second kappa shape index (κ2) is 5.83. The minimum absolute atomic E-state index is 0.0728. The van der Waals surface area contributed by atoms with Crippen LogP contribution in [-0.2, 0) is 9.53 Å². The number of hydrogen-bond donors (Lipinski definition) is 1. The van der Waals surface area contributed by atoms with Gasteiger partial charge in [-0.1, -0.05) is 0 Å². The van der Waals surface area contributed by atoms with Gasteiger partial charge in [-0.3, -0.25) is 4.79 Å². The number of nitrogens with zero attached hydrogens (tertiary/aromatic N) is 1. The molecule has 0 spiro atoms. The minimum Gasteiger partial charge on any atom is -0.468 e. The monoisotopic (exact) mass is 240 g/mol. The van der Waals surface area contributed by atoms with Crippen LogP contribution < -0.4 is 5.32 Å². The van der Waals surface area contributed by atoms with Gasteiger partial charge in [-0.2, -0.15) is 0 Å². The van der Waals surface area contributed by atoms with E-state index in [9.17, 15) is 4.79 Å². The lowest BCUT2D eigenvalue weighted by Crippen LogP contribution is -2.56. The molecule has 2 saturated heterocycles. The first kappa shape index (κ1) is 12.8.